The molecule has 0 saturated heterocycles. The average Bonchev–Trinajstić information content (AvgIpc) is 3.11. The van der Waals surface area contributed by atoms with Crippen molar-refractivity contribution in [1.29, 1.82) is 0 Å². The Kier molecular flexibility index (Phi) is 7.33. The van der Waals surface area contributed by atoms with Crippen molar-refractivity contribution < 1.29 is 9.84 Å². The van der Waals surface area contributed by atoms with E-state index in [1.165, 1.54) is 4.57 Å². The molecule has 8 nitrogen and oxygen atoms in total. The minimum absolute atomic E-state index is 0.138. The van der Waals surface area contributed by atoms with Crippen LogP contribution < -0.4 is 16.0 Å². The minimum Gasteiger partial charge on any atom is -0.491 e. The number of para-hydroxylation sites is 1. The van der Waals surface area contributed by atoms with Crippen LogP contribution in [0.5, 0.6) is 5.75 Å². The number of benzene rings is 1. The Morgan fingerprint density at radius 1 is 0.968 bits per heavy atom. The fourth-order valence-corrected chi connectivity index (χ4v) is 3.90. The van der Waals surface area contributed by atoms with E-state index in [0.29, 0.717) is 30.1 Å². The van der Waals surface area contributed by atoms with Gasteiger partial charge in [0, 0.05) is 13.1 Å². The lowest BCUT2D eigenvalue weighted by molar-refractivity contribution is 0.265. The second-order valence-electron chi connectivity index (χ2n) is 7.82. The van der Waals surface area contributed by atoms with E-state index in [0.717, 1.165) is 36.1 Å². The number of fused-ring (bicyclic) bond motifs is 1. The number of ether oxygens (including phenoxy) is 1. The molecule has 0 aliphatic heterocycles. The summed E-state index contributed by atoms with van der Waals surface area (Å²) in [5, 5.41) is 9.76. The van der Waals surface area contributed by atoms with Gasteiger partial charge < -0.3 is 14.4 Å². The number of aliphatic hydroxyl groups is 1. The number of rotatable bonds is 10. The molecule has 1 N–H and O–H groups in total. The SMILES string of the molecule is CCCCn1c(=O)n(CCOc2c(C)cccc2C)c(=O)c2c1nc(CO)n2CCC. The number of hydrogen-bond acceptors (Lipinski definition) is 5. The van der Waals surface area contributed by atoms with Crippen LogP contribution in [-0.2, 0) is 26.2 Å². The summed E-state index contributed by atoms with van der Waals surface area (Å²) in [6, 6.07) is 5.91. The summed E-state index contributed by atoms with van der Waals surface area (Å²) in [6.45, 7) is 9.06. The van der Waals surface area contributed by atoms with Gasteiger partial charge in [0.1, 0.15) is 24.8 Å². The van der Waals surface area contributed by atoms with Crippen molar-refractivity contribution in [3.63, 3.8) is 0 Å². The van der Waals surface area contributed by atoms with Crippen LogP contribution in [0.15, 0.2) is 27.8 Å². The Labute approximate surface area is 181 Å². The molecule has 0 spiro atoms. The molecule has 3 aromatic rings. The number of nitrogens with zero attached hydrogens (tertiary/aromatic N) is 4. The number of unbranched alkanes of at least 4 members (excludes halogenated alkanes) is 1. The van der Waals surface area contributed by atoms with Gasteiger partial charge in [-0.25, -0.2) is 9.78 Å². The lowest BCUT2D eigenvalue weighted by atomic mass is 10.1. The van der Waals surface area contributed by atoms with Crippen LogP contribution in [0.2, 0.25) is 0 Å². The molecule has 168 valence electrons. The van der Waals surface area contributed by atoms with Gasteiger partial charge in [-0.05, 0) is 37.8 Å². The Bertz CT molecular complexity index is 1150. The van der Waals surface area contributed by atoms with Gasteiger partial charge >= 0.3 is 5.69 Å². The molecule has 0 fully saturated rings. The monoisotopic (exact) mass is 428 g/mol. The predicted molar refractivity (Wildman–Crippen MR) is 121 cm³/mol. The third kappa shape index (κ3) is 4.44. The van der Waals surface area contributed by atoms with Crippen LogP contribution in [0.1, 0.15) is 50.1 Å². The molecule has 31 heavy (non-hydrogen) atoms. The van der Waals surface area contributed by atoms with Crippen molar-refractivity contribution in [1.82, 2.24) is 18.7 Å². The Morgan fingerprint density at radius 3 is 2.29 bits per heavy atom. The first-order chi connectivity index (χ1) is 14.9. The second kappa shape index (κ2) is 9.96. The Balaban J connectivity index is 2.06. The highest BCUT2D eigenvalue weighted by atomic mass is 16.5. The standard InChI is InChI=1S/C23H32N4O4/c1-5-7-12-26-21-19(25(11-6-2)18(15-28)24-21)22(29)27(23(26)30)13-14-31-20-16(3)9-8-10-17(20)4/h8-10,28H,5-7,11-15H2,1-4H3. The number of imidazole rings is 1. The molecule has 0 amide bonds. The van der Waals surface area contributed by atoms with Crippen molar-refractivity contribution >= 4 is 11.2 Å². The van der Waals surface area contributed by atoms with E-state index >= 15 is 0 Å². The minimum atomic E-state index is -0.390. The lowest BCUT2D eigenvalue weighted by Gasteiger charge is -2.14. The van der Waals surface area contributed by atoms with Crippen molar-refractivity contribution in [2.75, 3.05) is 6.61 Å². The molecule has 0 bridgehead atoms. The van der Waals surface area contributed by atoms with Crippen LogP contribution >= 0.6 is 0 Å². The lowest BCUT2D eigenvalue weighted by Crippen LogP contribution is -2.41. The summed E-state index contributed by atoms with van der Waals surface area (Å²) >= 11 is 0. The second-order valence-corrected chi connectivity index (χ2v) is 7.82. The van der Waals surface area contributed by atoms with E-state index in [1.807, 2.05) is 45.9 Å². The molecule has 0 aliphatic carbocycles. The fourth-order valence-electron chi connectivity index (χ4n) is 3.90. The first-order valence-corrected chi connectivity index (χ1v) is 11.0. The molecule has 2 heterocycles. The molecule has 8 heteroatoms. The third-order valence-electron chi connectivity index (χ3n) is 5.49. The van der Waals surface area contributed by atoms with Crippen LogP contribution in [0.3, 0.4) is 0 Å². The molecule has 0 saturated carbocycles. The molecule has 3 rings (SSSR count). The topological polar surface area (TPSA) is 91.3 Å². The molecule has 0 atom stereocenters. The summed E-state index contributed by atoms with van der Waals surface area (Å²) in [5.41, 5.74) is 1.97. The summed E-state index contributed by atoms with van der Waals surface area (Å²) in [5.74, 6) is 1.18. The molecule has 1 aromatic carbocycles. The highest BCUT2D eigenvalue weighted by Gasteiger charge is 2.21. The molecular formula is C23H32N4O4. The molecular weight excluding hydrogens is 396 g/mol. The van der Waals surface area contributed by atoms with E-state index in [-0.39, 0.29) is 25.4 Å². The van der Waals surface area contributed by atoms with Crippen LogP contribution in [0.4, 0.5) is 0 Å². The van der Waals surface area contributed by atoms with E-state index in [1.54, 1.807) is 9.13 Å². The van der Waals surface area contributed by atoms with Crippen LogP contribution in [0.25, 0.3) is 11.2 Å². The largest absolute Gasteiger partial charge is 0.491 e. The maximum atomic E-state index is 13.3. The van der Waals surface area contributed by atoms with E-state index in [4.69, 9.17) is 4.74 Å². The zero-order valence-electron chi connectivity index (χ0n) is 18.8. The van der Waals surface area contributed by atoms with Crippen molar-refractivity contribution in [3.05, 3.63) is 56.0 Å². The quantitative estimate of drug-likeness (QED) is 0.536. The number of aliphatic hydroxyl groups excluding tert-OH is 1. The van der Waals surface area contributed by atoms with Gasteiger partial charge in [0.05, 0.1) is 6.54 Å². The van der Waals surface area contributed by atoms with Gasteiger partial charge in [-0.15, -0.1) is 0 Å². The smallest absolute Gasteiger partial charge is 0.332 e. The van der Waals surface area contributed by atoms with E-state index in [9.17, 15) is 14.7 Å². The zero-order chi connectivity index (χ0) is 22.5. The van der Waals surface area contributed by atoms with Crippen molar-refractivity contribution in [2.45, 2.75) is 73.2 Å². The summed E-state index contributed by atoms with van der Waals surface area (Å²) in [7, 11) is 0. The normalized spacial score (nSPS) is 11.4. The Morgan fingerprint density at radius 2 is 1.68 bits per heavy atom. The van der Waals surface area contributed by atoms with Gasteiger partial charge in [-0.3, -0.25) is 13.9 Å². The van der Waals surface area contributed by atoms with Crippen LogP contribution in [-0.4, -0.2) is 30.4 Å². The average molecular weight is 429 g/mol. The molecule has 2 aromatic heterocycles. The maximum absolute atomic E-state index is 13.3. The van der Waals surface area contributed by atoms with Crippen LogP contribution in [0, 0.1) is 13.8 Å². The fraction of sp³-hybridized carbons (Fsp3) is 0.522. The zero-order valence-corrected chi connectivity index (χ0v) is 18.8. The highest BCUT2D eigenvalue weighted by molar-refractivity contribution is 5.71. The van der Waals surface area contributed by atoms with E-state index < -0.39 is 5.56 Å². The van der Waals surface area contributed by atoms with Gasteiger partial charge in [0.2, 0.25) is 0 Å². The summed E-state index contributed by atoms with van der Waals surface area (Å²) in [6.07, 6.45) is 2.48. The Hall–Kier alpha value is -2.87. The maximum Gasteiger partial charge on any atom is 0.332 e. The van der Waals surface area contributed by atoms with E-state index in [2.05, 4.69) is 4.98 Å². The first kappa shape index (κ1) is 22.8. The van der Waals surface area contributed by atoms with Gasteiger partial charge in [-0.1, -0.05) is 38.5 Å². The van der Waals surface area contributed by atoms with Gasteiger partial charge in [0.25, 0.3) is 5.56 Å². The van der Waals surface area contributed by atoms with Gasteiger partial charge in [-0.2, -0.15) is 0 Å². The molecule has 0 radical (unpaired) electrons. The van der Waals surface area contributed by atoms with Crippen molar-refractivity contribution in [3.8, 4) is 5.75 Å². The predicted octanol–water partition coefficient (Wildman–Crippen LogP) is 2.76. The summed E-state index contributed by atoms with van der Waals surface area (Å²) < 4.78 is 10.5. The third-order valence-corrected chi connectivity index (χ3v) is 5.49. The molecule has 0 unspecified atom stereocenters. The van der Waals surface area contributed by atoms with Gasteiger partial charge in [0.15, 0.2) is 11.2 Å². The number of aromatic nitrogens is 4. The number of aryl methyl sites for hydroxylation is 4. The first-order valence-electron chi connectivity index (χ1n) is 11.0. The highest BCUT2D eigenvalue weighted by Crippen LogP contribution is 2.22. The summed E-state index contributed by atoms with van der Waals surface area (Å²) in [4.78, 5) is 31.0. The number of hydrogen-bond donors (Lipinski definition) is 1. The van der Waals surface area contributed by atoms with Crippen molar-refractivity contribution in [2.24, 2.45) is 0 Å². The molecule has 0 aliphatic rings.